The molecule has 0 saturated heterocycles. The fourth-order valence-corrected chi connectivity index (χ4v) is 4.94. The Hall–Kier alpha value is -5.25. The van der Waals surface area contributed by atoms with Crippen LogP contribution in [-0.4, -0.2) is 36.6 Å². The number of carbonyl (C=O) groups is 1. The van der Waals surface area contributed by atoms with Gasteiger partial charge in [0.1, 0.15) is 11.6 Å². The second-order valence-electron chi connectivity index (χ2n) is 9.28. The van der Waals surface area contributed by atoms with Gasteiger partial charge in [0.05, 0.1) is 33.2 Å². The molecule has 3 heterocycles. The topological polar surface area (TPSA) is 113 Å². The summed E-state index contributed by atoms with van der Waals surface area (Å²) >= 11 is 0. The Bertz CT molecular complexity index is 2000. The first-order valence-corrected chi connectivity index (χ1v) is 12.2. The molecule has 9 nitrogen and oxygen atoms in total. The van der Waals surface area contributed by atoms with Gasteiger partial charge in [-0.05, 0) is 59.7 Å². The number of hydrogen-bond donors (Lipinski definition) is 2. The van der Waals surface area contributed by atoms with Crippen LogP contribution < -0.4 is 16.7 Å². The number of hydrogen-bond acceptors (Lipinski definition) is 5. The number of nitrogen functional groups attached to an aromatic ring is 1. The minimum absolute atomic E-state index is 0.0216. The molecular weight excluding hydrogens is 497 g/mol. The number of pyridine rings is 1. The van der Waals surface area contributed by atoms with Crippen molar-refractivity contribution in [2.45, 2.75) is 0 Å². The van der Waals surface area contributed by atoms with Crippen molar-refractivity contribution in [1.29, 1.82) is 0 Å². The van der Waals surface area contributed by atoms with Crippen LogP contribution in [-0.2, 0) is 14.1 Å². The van der Waals surface area contributed by atoms with E-state index in [9.17, 15) is 14.0 Å². The SMILES string of the molecule is CNC(=O)c1ccc(-c2ccc3c(c2)nc(-c2cnccc2N)n3-c2ccc3c(c2)n(C)c(=O)n3C)cc1F. The summed E-state index contributed by atoms with van der Waals surface area (Å²) in [6, 6.07) is 17.6. The predicted molar refractivity (Wildman–Crippen MR) is 149 cm³/mol. The van der Waals surface area contributed by atoms with Crippen LogP contribution in [0.4, 0.5) is 10.1 Å². The maximum absolute atomic E-state index is 14.7. The third-order valence-electron chi connectivity index (χ3n) is 7.04. The number of halogens is 1. The van der Waals surface area contributed by atoms with Gasteiger partial charge in [-0.3, -0.25) is 23.5 Å². The van der Waals surface area contributed by atoms with E-state index in [1.165, 1.54) is 19.2 Å². The highest BCUT2D eigenvalue weighted by molar-refractivity contribution is 5.95. The molecule has 0 spiro atoms. The van der Waals surface area contributed by atoms with Gasteiger partial charge in [-0.25, -0.2) is 14.2 Å². The van der Waals surface area contributed by atoms with Crippen molar-refractivity contribution in [3.8, 4) is 28.2 Å². The number of aromatic nitrogens is 5. The summed E-state index contributed by atoms with van der Waals surface area (Å²) in [6.45, 7) is 0. The van der Waals surface area contributed by atoms with Crippen LogP contribution in [0.3, 0.4) is 0 Å². The van der Waals surface area contributed by atoms with Gasteiger partial charge in [0.2, 0.25) is 0 Å². The lowest BCUT2D eigenvalue weighted by Gasteiger charge is -2.12. The monoisotopic (exact) mass is 521 g/mol. The molecular formula is C29H24FN7O2. The highest BCUT2D eigenvalue weighted by Crippen LogP contribution is 2.34. The molecule has 6 rings (SSSR count). The van der Waals surface area contributed by atoms with E-state index >= 15 is 0 Å². The molecule has 0 aliphatic carbocycles. The number of carbonyl (C=O) groups excluding carboxylic acids is 1. The number of nitrogens with zero attached hydrogens (tertiary/aromatic N) is 5. The first-order valence-electron chi connectivity index (χ1n) is 12.2. The number of anilines is 1. The molecule has 0 radical (unpaired) electrons. The van der Waals surface area contributed by atoms with Crippen molar-refractivity contribution in [3.63, 3.8) is 0 Å². The van der Waals surface area contributed by atoms with E-state index in [-0.39, 0.29) is 11.3 Å². The summed E-state index contributed by atoms with van der Waals surface area (Å²) in [6.07, 6.45) is 3.28. The summed E-state index contributed by atoms with van der Waals surface area (Å²) in [4.78, 5) is 33.6. The van der Waals surface area contributed by atoms with Gasteiger partial charge in [-0.15, -0.1) is 0 Å². The van der Waals surface area contributed by atoms with Crippen LogP contribution in [0.15, 0.2) is 77.9 Å². The lowest BCUT2D eigenvalue weighted by Crippen LogP contribution is -2.19. The summed E-state index contributed by atoms with van der Waals surface area (Å²) in [5.41, 5.74) is 12.5. The summed E-state index contributed by atoms with van der Waals surface area (Å²) < 4.78 is 19.9. The van der Waals surface area contributed by atoms with E-state index < -0.39 is 11.7 Å². The van der Waals surface area contributed by atoms with E-state index in [1.807, 2.05) is 41.0 Å². The molecule has 3 N–H and O–H groups in total. The molecule has 10 heteroatoms. The standard InChI is InChI=1S/C29H24FN7O2/c1-32-28(38)19-7-4-16(12-21(19)30)17-5-8-24-23(13-17)34-27(20-15-33-11-10-22(20)31)37(24)18-6-9-25-26(14-18)36(3)29(39)35(25)2/h4-15H,1-3H3,(H2,31,33)(H,32,38). The van der Waals surface area contributed by atoms with Gasteiger partial charge in [-0.2, -0.15) is 0 Å². The second-order valence-corrected chi connectivity index (χ2v) is 9.28. The molecule has 0 atom stereocenters. The fraction of sp³-hybridized carbons (Fsp3) is 0.103. The maximum Gasteiger partial charge on any atom is 0.328 e. The zero-order valence-electron chi connectivity index (χ0n) is 21.4. The van der Waals surface area contributed by atoms with Gasteiger partial charge in [0, 0.05) is 44.9 Å². The molecule has 3 aromatic heterocycles. The Morgan fingerprint density at radius 1 is 0.923 bits per heavy atom. The summed E-state index contributed by atoms with van der Waals surface area (Å²) in [5.74, 6) is -0.517. The smallest absolute Gasteiger partial charge is 0.328 e. The number of rotatable bonds is 4. The molecule has 0 fully saturated rings. The Morgan fingerprint density at radius 2 is 1.64 bits per heavy atom. The first kappa shape index (κ1) is 24.1. The largest absolute Gasteiger partial charge is 0.398 e. The number of nitrogens with one attached hydrogen (secondary N) is 1. The minimum Gasteiger partial charge on any atom is -0.398 e. The minimum atomic E-state index is -0.608. The Morgan fingerprint density at radius 3 is 2.38 bits per heavy atom. The van der Waals surface area contributed by atoms with Crippen molar-refractivity contribution >= 4 is 33.7 Å². The maximum atomic E-state index is 14.7. The van der Waals surface area contributed by atoms with Crippen molar-refractivity contribution in [1.82, 2.24) is 29.0 Å². The van der Waals surface area contributed by atoms with Crippen LogP contribution in [0.1, 0.15) is 10.4 Å². The van der Waals surface area contributed by atoms with Crippen LogP contribution in [0, 0.1) is 5.82 Å². The highest BCUT2D eigenvalue weighted by atomic mass is 19.1. The van der Waals surface area contributed by atoms with E-state index in [2.05, 4.69) is 10.3 Å². The summed E-state index contributed by atoms with van der Waals surface area (Å²) in [5, 5.41) is 2.44. The van der Waals surface area contributed by atoms with Crippen LogP contribution >= 0.6 is 0 Å². The molecule has 194 valence electrons. The third-order valence-corrected chi connectivity index (χ3v) is 7.04. The zero-order chi connectivity index (χ0) is 27.4. The van der Waals surface area contributed by atoms with Crippen molar-refractivity contribution in [2.75, 3.05) is 12.8 Å². The van der Waals surface area contributed by atoms with Crippen molar-refractivity contribution in [2.24, 2.45) is 14.1 Å². The molecule has 0 bridgehead atoms. The molecule has 0 unspecified atom stereocenters. The van der Waals surface area contributed by atoms with E-state index in [4.69, 9.17) is 10.7 Å². The van der Waals surface area contributed by atoms with E-state index in [1.54, 1.807) is 47.8 Å². The average molecular weight is 522 g/mol. The van der Waals surface area contributed by atoms with Crippen molar-refractivity contribution in [3.05, 3.63) is 94.9 Å². The number of benzene rings is 3. The van der Waals surface area contributed by atoms with Crippen LogP contribution in [0.5, 0.6) is 0 Å². The number of amides is 1. The quantitative estimate of drug-likeness (QED) is 0.364. The molecule has 0 saturated carbocycles. The molecule has 1 amide bonds. The molecule has 0 aliphatic heterocycles. The number of nitrogens with two attached hydrogens (primary N) is 1. The predicted octanol–water partition coefficient (Wildman–Crippen LogP) is 4.03. The second kappa shape index (κ2) is 8.95. The molecule has 39 heavy (non-hydrogen) atoms. The molecule has 0 aliphatic rings. The molecule has 6 aromatic rings. The average Bonchev–Trinajstić information content (AvgIpc) is 3.43. The molecule has 3 aromatic carbocycles. The Labute approximate surface area is 222 Å². The number of imidazole rings is 2. The Kier molecular flexibility index (Phi) is 5.53. The number of aryl methyl sites for hydroxylation is 2. The lowest BCUT2D eigenvalue weighted by atomic mass is 10.0. The number of fused-ring (bicyclic) bond motifs is 2. The highest BCUT2D eigenvalue weighted by Gasteiger charge is 2.19. The van der Waals surface area contributed by atoms with E-state index in [0.29, 0.717) is 28.2 Å². The first-order chi connectivity index (χ1) is 18.8. The van der Waals surface area contributed by atoms with Gasteiger partial charge < -0.3 is 11.1 Å². The van der Waals surface area contributed by atoms with Gasteiger partial charge >= 0.3 is 5.69 Å². The lowest BCUT2D eigenvalue weighted by molar-refractivity contribution is 0.0959. The summed E-state index contributed by atoms with van der Waals surface area (Å²) in [7, 11) is 4.94. The van der Waals surface area contributed by atoms with Gasteiger partial charge in [0.25, 0.3) is 5.91 Å². The van der Waals surface area contributed by atoms with E-state index in [0.717, 1.165) is 27.8 Å². The Balaban J connectivity index is 1.58. The van der Waals surface area contributed by atoms with Gasteiger partial charge in [0.15, 0.2) is 0 Å². The van der Waals surface area contributed by atoms with Gasteiger partial charge in [-0.1, -0.05) is 12.1 Å². The zero-order valence-corrected chi connectivity index (χ0v) is 21.4. The van der Waals surface area contributed by atoms with Crippen LogP contribution in [0.2, 0.25) is 0 Å². The normalized spacial score (nSPS) is 11.4. The third kappa shape index (κ3) is 3.76. The fourth-order valence-electron chi connectivity index (χ4n) is 4.94. The van der Waals surface area contributed by atoms with Crippen LogP contribution in [0.25, 0.3) is 50.3 Å². The van der Waals surface area contributed by atoms with Crippen molar-refractivity contribution < 1.29 is 9.18 Å².